The van der Waals surface area contributed by atoms with Crippen molar-refractivity contribution in [2.75, 3.05) is 6.61 Å². The lowest BCUT2D eigenvalue weighted by Gasteiger charge is -2.22. The Morgan fingerprint density at radius 3 is 2.53 bits per heavy atom. The highest BCUT2D eigenvalue weighted by Gasteiger charge is 2.26. The highest BCUT2D eigenvalue weighted by atomic mass is 16.7. The highest BCUT2D eigenvalue weighted by Crippen LogP contribution is 2.17. The Kier molecular flexibility index (Phi) is 5.99. The molecule has 3 heteroatoms. The van der Waals surface area contributed by atoms with Gasteiger partial charge < -0.3 is 9.47 Å². The summed E-state index contributed by atoms with van der Waals surface area (Å²) < 4.78 is 10.5. The Morgan fingerprint density at radius 1 is 1.53 bits per heavy atom. The lowest BCUT2D eigenvalue weighted by molar-refractivity contribution is -0.186. The number of ether oxygens (including phenoxy) is 2. The molecule has 0 amide bonds. The summed E-state index contributed by atoms with van der Waals surface area (Å²) in [6.45, 7) is 11.2. The third-order valence-electron chi connectivity index (χ3n) is 1.66. The zero-order valence-electron chi connectivity index (χ0n) is 10.0. The number of carbonyl (C=O) groups is 1. The highest BCUT2D eigenvalue weighted by molar-refractivity contribution is 5.75. The summed E-state index contributed by atoms with van der Waals surface area (Å²) in [6.07, 6.45) is 1.64. The van der Waals surface area contributed by atoms with Gasteiger partial charge in [0.15, 0.2) is 0 Å². The molecule has 0 bridgehead atoms. The number of hydrogen-bond donors (Lipinski definition) is 0. The molecule has 15 heavy (non-hydrogen) atoms. The van der Waals surface area contributed by atoms with E-state index >= 15 is 0 Å². The fraction of sp³-hybridized carbons (Fsp3) is 0.667. The van der Waals surface area contributed by atoms with E-state index in [-0.39, 0.29) is 5.97 Å². The van der Waals surface area contributed by atoms with Gasteiger partial charge in [-0.25, -0.2) is 0 Å². The topological polar surface area (TPSA) is 35.5 Å². The molecule has 0 radical (unpaired) electrons. The van der Waals surface area contributed by atoms with Gasteiger partial charge in [0.2, 0.25) is 6.29 Å². The van der Waals surface area contributed by atoms with E-state index in [0.29, 0.717) is 13.0 Å². The van der Waals surface area contributed by atoms with Crippen molar-refractivity contribution in [3.05, 3.63) is 18.4 Å². The summed E-state index contributed by atoms with van der Waals surface area (Å²) >= 11 is 0. The van der Waals surface area contributed by atoms with Crippen LogP contribution in [0.2, 0.25) is 0 Å². The zero-order chi connectivity index (χ0) is 11.9. The van der Waals surface area contributed by atoms with Crippen molar-refractivity contribution in [1.29, 1.82) is 0 Å². The second-order valence-electron chi connectivity index (χ2n) is 4.18. The van der Waals surface area contributed by atoms with Crippen molar-refractivity contribution in [2.24, 2.45) is 5.41 Å². The minimum absolute atomic E-state index is 0.265. The van der Waals surface area contributed by atoms with Gasteiger partial charge in [-0.3, -0.25) is 4.79 Å². The molecule has 0 fully saturated rings. The standard InChI is InChI=1S/C12H20O3/c1-6-8-9-10(14-7-2)15-11(13)12(3,4)5/h8,10H,1,7,9H2,2-5H3. The molecule has 0 rings (SSSR count). The van der Waals surface area contributed by atoms with E-state index in [4.69, 9.17) is 9.47 Å². The molecule has 0 saturated heterocycles. The fourth-order valence-corrected chi connectivity index (χ4v) is 0.812. The van der Waals surface area contributed by atoms with Gasteiger partial charge in [0, 0.05) is 13.0 Å². The quantitative estimate of drug-likeness (QED) is 0.399. The van der Waals surface area contributed by atoms with Gasteiger partial charge in [0.1, 0.15) is 0 Å². The van der Waals surface area contributed by atoms with Crippen LogP contribution < -0.4 is 0 Å². The maximum Gasteiger partial charge on any atom is 0.313 e. The van der Waals surface area contributed by atoms with Crippen LogP contribution in [0, 0.1) is 5.41 Å². The number of esters is 1. The Hall–Kier alpha value is -1.05. The van der Waals surface area contributed by atoms with Crippen LogP contribution in [0.3, 0.4) is 0 Å². The second kappa shape index (κ2) is 6.44. The van der Waals surface area contributed by atoms with Crippen molar-refractivity contribution in [3.63, 3.8) is 0 Å². The number of carbonyl (C=O) groups excluding carboxylic acids is 1. The van der Waals surface area contributed by atoms with E-state index in [2.05, 4.69) is 12.3 Å². The average Bonchev–Trinajstić information content (AvgIpc) is 2.13. The maximum absolute atomic E-state index is 11.6. The minimum atomic E-state index is -0.532. The first-order valence-corrected chi connectivity index (χ1v) is 5.08. The van der Waals surface area contributed by atoms with Gasteiger partial charge >= 0.3 is 5.97 Å². The molecule has 1 unspecified atom stereocenters. The molecule has 0 heterocycles. The second-order valence-corrected chi connectivity index (χ2v) is 4.18. The molecule has 1 atom stereocenters. The van der Waals surface area contributed by atoms with Crippen molar-refractivity contribution < 1.29 is 14.3 Å². The third kappa shape index (κ3) is 6.10. The SMILES string of the molecule is C=C=CCC(OCC)OC(=O)C(C)(C)C. The smallest absolute Gasteiger partial charge is 0.313 e. The van der Waals surface area contributed by atoms with Crippen LogP contribution in [0.15, 0.2) is 18.4 Å². The van der Waals surface area contributed by atoms with E-state index in [1.165, 1.54) is 0 Å². The van der Waals surface area contributed by atoms with Gasteiger partial charge in [0.05, 0.1) is 5.41 Å². The Morgan fingerprint density at radius 2 is 2.13 bits per heavy atom. The minimum Gasteiger partial charge on any atom is -0.435 e. The van der Waals surface area contributed by atoms with Crippen LogP contribution in [0.5, 0.6) is 0 Å². The normalized spacial score (nSPS) is 12.8. The predicted molar refractivity (Wildman–Crippen MR) is 59.3 cm³/mol. The lowest BCUT2D eigenvalue weighted by Crippen LogP contribution is -2.29. The molecular weight excluding hydrogens is 192 g/mol. The van der Waals surface area contributed by atoms with Crippen molar-refractivity contribution in [1.82, 2.24) is 0 Å². The molecule has 0 aliphatic rings. The summed E-state index contributed by atoms with van der Waals surface area (Å²) in [4.78, 5) is 11.6. The Balaban J connectivity index is 4.27. The molecule has 3 nitrogen and oxygen atoms in total. The van der Waals surface area contributed by atoms with Crippen LogP contribution in [0.1, 0.15) is 34.1 Å². The molecule has 0 spiro atoms. The summed E-state index contributed by atoms with van der Waals surface area (Å²) in [5.41, 5.74) is 2.12. The van der Waals surface area contributed by atoms with E-state index in [0.717, 1.165) is 0 Å². The Labute approximate surface area is 91.8 Å². The average molecular weight is 212 g/mol. The van der Waals surface area contributed by atoms with Crippen LogP contribution in [-0.4, -0.2) is 18.9 Å². The third-order valence-corrected chi connectivity index (χ3v) is 1.66. The fourth-order valence-electron chi connectivity index (χ4n) is 0.812. The zero-order valence-corrected chi connectivity index (χ0v) is 10.0. The molecule has 0 N–H and O–H groups in total. The van der Waals surface area contributed by atoms with Crippen molar-refractivity contribution >= 4 is 5.97 Å². The molecule has 0 aliphatic carbocycles. The van der Waals surface area contributed by atoms with Crippen LogP contribution in [-0.2, 0) is 14.3 Å². The van der Waals surface area contributed by atoms with Gasteiger partial charge in [-0.2, -0.15) is 0 Å². The largest absolute Gasteiger partial charge is 0.435 e. The first-order valence-electron chi connectivity index (χ1n) is 5.08. The molecule has 0 aromatic rings. The summed E-state index contributed by atoms with van der Waals surface area (Å²) in [5.74, 6) is -0.265. The maximum atomic E-state index is 11.6. The van der Waals surface area contributed by atoms with Crippen LogP contribution in [0.4, 0.5) is 0 Å². The predicted octanol–water partition coefficient (Wildman–Crippen LogP) is 2.67. The molecule has 0 aliphatic heterocycles. The van der Waals surface area contributed by atoms with Gasteiger partial charge in [-0.15, -0.1) is 5.73 Å². The summed E-state index contributed by atoms with van der Waals surface area (Å²) in [5, 5.41) is 0. The lowest BCUT2D eigenvalue weighted by atomic mass is 9.97. The first-order chi connectivity index (χ1) is 6.91. The summed E-state index contributed by atoms with van der Waals surface area (Å²) in [7, 11) is 0. The van der Waals surface area contributed by atoms with Crippen molar-refractivity contribution in [2.45, 2.75) is 40.4 Å². The van der Waals surface area contributed by atoms with E-state index < -0.39 is 11.7 Å². The van der Waals surface area contributed by atoms with E-state index in [1.54, 1.807) is 6.08 Å². The molecule has 86 valence electrons. The van der Waals surface area contributed by atoms with E-state index in [9.17, 15) is 4.79 Å². The van der Waals surface area contributed by atoms with Gasteiger partial charge in [-0.1, -0.05) is 6.58 Å². The Bertz CT molecular complexity index is 244. The molecule has 0 aromatic carbocycles. The van der Waals surface area contributed by atoms with E-state index in [1.807, 2.05) is 27.7 Å². The van der Waals surface area contributed by atoms with Crippen molar-refractivity contribution in [3.8, 4) is 0 Å². The molecule has 0 aromatic heterocycles. The first kappa shape index (κ1) is 13.9. The molecule has 0 saturated carbocycles. The summed E-state index contributed by atoms with van der Waals surface area (Å²) in [6, 6.07) is 0. The van der Waals surface area contributed by atoms with Crippen LogP contribution >= 0.6 is 0 Å². The van der Waals surface area contributed by atoms with Crippen LogP contribution in [0.25, 0.3) is 0 Å². The monoisotopic (exact) mass is 212 g/mol. The number of hydrogen-bond acceptors (Lipinski definition) is 3. The number of rotatable bonds is 5. The molecular formula is C12H20O3. The van der Waals surface area contributed by atoms with Gasteiger partial charge in [-0.05, 0) is 33.8 Å². The van der Waals surface area contributed by atoms with Gasteiger partial charge in [0.25, 0.3) is 0 Å².